The van der Waals surface area contributed by atoms with Crippen molar-refractivity contribution < 1.29 is 0 Å². The van der Waals surface area contributed by atoms with E-state index >= 15 is 0 Å². The number of nitriles is 1. The van der Waals surface area contributed by atoms with Crippen LogP contribution in [-0.4, -0.2) is 62.7 Å². The van der Waals surface area contributed by atoms with Crippen LogP contribution in [0.2, 0.25) is 0 Å². The molecule has 0 amide bonds. The minimum atomic E-state index is -0.00558. The van der Waals surface area contributed by atoms with Crippen molar-refractivity contribution in [1.82, 2.24) is 15.1 Å². The van der Waals surface area contributed by atoms with Gasteiger partial charge in [0.15, 0.2) is 0 Å². The van der Waals surface area contributed by atoms with Gasteiger partial charge in [-0.05, 0) is 39.4 Å². The molecule has 1 atom stereocenters. The van der Waals surface area contributed by atoms with Gasteiger partial charge in [0.25, 0.3) is 0 Å². The van der Waals surface area contributed by atoms with Gasteiger partial charge in [0, 0.05) is 26.2 Å². The summed E-state index contributed by atoms with van der Waals surface area (Å²) in [6.45, 7) is 11.8. The van der Waals surface area contributed by atoms with Gasteiger partial charge in [-0.25, -0.2) is 0 Å². The fraction of sp³-hybridized carbons (Fsp3) is 0.933. The molecule has 0 aromatic heterocycles. The normalized spacial score (nSPS) is 13.2. The van der Waals surface area contributed by atoms with Crippen molar-refractivity contribution in [3.63, 3.8) is 0 Å². The highest BCUT2D eigenvalue weighted by Crippen LogP contribution is 2.02. The highest BCUT2D eigenvalue weighted by molar-refractivity contribution is 4.90. The Morgan fingerprint density at radius 3 is 2.32 bits per heavy atom. The van der Waals surface area contributed by atoms with Gasteiger partial charge in [-0.15, -0.1) is 0 Å². The summed E-state index contributed by atoms with van der Waals surface area (Å²) in [6, 6.07) is 2.36. The first kappa shape index (κ1) is 18.4. The van der Waals surface area contributed by atoms with Crippen LogP contribution in [0.15, 0.2) is 0 Å². The van der Waals surface area contributed by atoms with E-state index in [2.05, 4.69) is 56.1 Å². The van der Waals surface area contributed by atoms with Crippen molar-refractivity contribution in [2.45, 2.75) is 39.7 Å². The Kier molecular flexibility index (Phi) is 10.8. The molecule has 0 aliphatic carbocycles. The van der Waals surface area contributed by atoms with Crippen LogP contribution in [-0.2, 0) is 0 Å². The van der Waals surface area contributed by atoms with E-state index in [1.807, 2.05) is 0 Å². The molecule has 0 aliphatic rings. The van der Waals surface area contributed by atoms with E-state index < -0.39 is 0 Å². The Hall–Kier alpha value is -0.630. The molecule has 1 unspecified atom stereocenters. The first-order valence-electron chi connectivity index (χ1n) is 7.49. The fourth-order valence-corrected chi connectivity index (χ4v) is 1.99. The second-order valence-corrected chi connectivity index (χ2v) is 5.92. The van der Waals surface area contributed by atoms with Gasteiger partial charge in [0.2, 0.25) is 0 Å². The van der Waals surface area contributed by atoms with Crippen molar-refractivity contribution in [2.75, 3.05) is 46.8 Å². The number of nitrogens with one attached hydrogen (secondary N) is 1. The topological polar surface area (TPSA) is 42.3 Å². The molecule has 1 N–H and O–H groups in total. The van der Waals surface area contributed by atoms with Crippen LogP contribution in [0.4, 0.5) is 0 Å². The van der Waals surface area contributed by atoms with Crippen molar-refractivity contribution in [3.8, 4) is 6.07 Å². The first-order valence-corrected chi connectivity index (χ1v) is 7.49. The maximum absolute atomic E-state index is 9.13. The lowest BCUT2D eigenvalue weighted by molar-refractivity contribution is 0.213. The van der Waals surface area contributed by atoms with Gasteiger partial charge < -0.3 is 15.1 Å². The summed E-state index contributed by atoms with van der Waals surface area (Å²) in [7, 11) is 4.21. The lowest BCUT2D eigenvalue weighted by Gasteiger charge is -2.26. The smallest absolute Gasteiger partial charge is 0.0965 e. The molecule has 0 saturated carbocycles. The summed E-state index contributed by atoms with van der Waals surface area (Å²) in [5, 5.41) is 12.4. The molecule has 0 aliphatic heterocycles. The zero-order valence-electron chi connectivity index (χ0n) is 13.4. The summed E-state index contributed by atoms with van der Waals surface area (Å²) in [6.07, 6.45) is 1.99. The van der Waals surface area contributed by atoms with Gasteiger partial charge in [-0.1, -0.05) is 20.8 Å². The molecule has 4 heteroatoms. The molecule has 0 heterocycles. The van der Waals surface area contributed by atoms with Crippen molar-refractivity contribution >= 4 is 0 Å². The van der Waals surface area contributed by atoms with Crippen LogP contribution in [0.3, 0.4) is 0 Å². The average Bonchev–Trinajstić information content (AvgIpc) is 2.35. The summed E-state index contributed by atoms with van der Waals surface area (Å²) in [4.78, 5) is 4.69. The molecule has 0 fully saturated rings. The fourth-order valence-electron chi connectivity index (χ4n) is 1.99. The standard InChI is InChI=1S/C15H32N4/c1-6-8-17-15(12-16)7-9-19(13-14(2)3)11-10-18(4)5/h14-15,17H,6-11,13H2,1-5H3. The number of likely N-dealkylation sites (N-methyl/N-ethyl adjacent to an activating group) is 1. The molecule has 112 valence electrons. The Morgan fingerprint density at radius 1 is 1.16 bits per heavy atom. The summed E-state index contributed by atoms with van der Waals surface area (Å²) in [5.74, 6) is 0.672. The lowest BCUT2D eigenvalue weighted by Crippen LogP contribution is -2.38. The van der Waals surface area contributed by atoms with Crippen LogP contribution in [0.1, 0.15) is 33.6 Å². The molecule has 0 aromatic carbocycles. The van der Waals surface area contributed by atoms with Crippen LogP contribution < -0.4 is 5.32 Å². The van der Waals surface area contributed by atoms with E-state index in [9.17, 15) is 0 Å². The second kappa shape index (κ2) is 11.2. The van der Waals surface area contributed by atoms with Crippen LogP contribution in [0, 0.1) is 17.2 Å². The minimum absolute atomic E-state index is 0.00558. The number of hydrogen-bond donors (Lipinski definition) is 1. The maximum atomic E-state index is 9.13. The average molecular weight is 268 g/mol. The third kappa shape index (κ3) is 10.9. The molecule has 4 nitrogen and oxygen atoms in total. The zero-order valence-corrected chi connectivity index (χ0v) is 13.4. The predicted molar refractivity (Wildman–Crippen MR) is 82.1 cm³/mol. The molecule has 0 radical (unpaired) electrons. The third-order valence-corrected chi connectivity index (χ3v) is 3.02. The highest BCUT2D eigenvalue weighted by Gasteiger charge is 2.11. The molecule has 0 spiro atoms. The van der Waals surface area contributed by atoms with E-state index in [1.165, 1.54) is 0 Å². The van der Waals surface area contributed by atoms with Gasteiger partial charge in [0.05, 0.1) is 12.1 Å². The Balaban J connectivity index is 4.11. The predicted octanol–water partition coefficient (Wildman–Crippen LogP) is 1.79. The summed E-state index contributed by atoms with van der Waals surface area (Å²) in [5.41, 5.74) is 0. The van der Waals surface area contributed by atoms with Crippen LogP contribution in [0.5, 0.6) is 0 Å². The summed E-state index contributed by atoms with van der Waals surface area (Å²) >= 11 is 0. The van der Waals surface area contributed by atoms with E-state index in [0.29, 0.717) is 5.92 Å². The number of rotatable bonds is 11. The van der Waals surface area contributed by atoms with E-state index in [4.69, 9.17) is 5.26 Å². The van der Waals surface area contributed by atoms with E-state index in [-0.39, 0.29) is 6.04 Å². The first-order chi connectivity index (χ1) is 8.99. The Labute approximate surface area is 119 Å². The van der Waals surface area contributed by atoms with Gasteiger partial charge in [-0.2, -0.15) is 5.26 Å². The largest absolute Gasteiger partial charge is 0.308 e. The van der Waals surface area contributed by atoms with E-state index in [1.54, 1.807) is 0 Å². The van der Waals surface area contributed by atoms with Gasteiger partial charge >= 0.3 is 0 Å². The molecule has 0 bridgehead atoms. The lowest BCUT2D eigenvalue weighted by atomic mass is 10.1. The molecule has 0 saturated heterocycles. The monoisotopic (exact) mass is 268 g/mol. The molecule has 0 aromatic rings. The quantitative estimate of drug-likeness (QED) is 0.620. The molecular formula is C15H32N4. The Bertz CT molecular complexity index is 245. The number of nitrogens with zero attached hydrogens (tertiary/aromatic N) is 3. The Morgan fingerprint density at radius 2 is 1.84 bits per heavy atom. The molecular weight excluding hydrogens is 236 g/mol. The second-order valence-electron chi connectivity index (χ2n) is 5.92. The van der Waals surface area contributed by atoms with Gasteiger partial charge in [-0.3, -0.25) is 0 Å². The zero-order chi connectivity index (χ0) is 14.7. The third-order valence-electron chi connectivity index (χ3n) is 3.02. The highest BCUT2D eigenvalue weighted by atomic mass is 15.2. The van der Waals surface area contributed by atoms with Crippen LogP contribution >= 0.6 is 0 Å². The molecule has 0 rings (SSSR count). The van der Waals surface area contributed by atoms with Crippen molar-refractivity contribution in [1.29, 1.82) is 5.26 Å². The maximum Gasteiger partial charge on any atom is 0.0965 e. The van der Waals surface area contributed by atoms with Gasteiger partial charge in [0.1, 0.15) is 0 Å². The minimum Gasteiger partial charge on any atom is -0.308 e. The van der Waals surface area contributed by atoms with Crippen LogP contribution in [0.25, 0.3) is 0 Å². The van der Waals surface area contributed by atoms with Crippen molar-refractivity contribution in [2.24, 2.45) is 5.92 Å². The number of hydrogen-bond acceptors (Lipinski definition) is 4. The van der Waals surface area contributed by atoms with Crippen molar-refractivity contribution in [3.05, 3.63) is 0 Å². The molecule has 19 heavy (non-hydrogen) atoms. The SMILES string of the molecule is CCCNC(C#N)CCN(CCN(C)C)CC(C)C. The summed E-state index contributed by atoms with van der Waals surface area (Å²) < 4.78 is 0. The van der Waals surface area contributed by atoms with E-state index in [0.717, 1.165) is 45.6 Å².